The summed E-state index contributed by atoms with van der Waals surface area (Å²) in [7, 11) is 0. The second kappa shape index (κ2) is 9.11. The van der Waals surface area contributed by atoms with Gasteiger partial charge in [0.1, 0.15) is 5.60 Å². The lowest BCUT2D eigenvalue weighted by molar-refractivity contribution is 0.0164. The van der Waals surface area contributed by atoms with E-state index < -0.39 is 11.5 Å². The van der Waals surface area contributed by atoms with Crippen molar-refractivity contribution in [2.75, 3.05) is 19.7 Å². The van der Waals surface area contributed by atoms with Crippen molar-refractivity contribution in [3.8, 4) is 17.1 Å². The van der Waals surface area contributed by atoms with E-state index in [0.29, 0.717) is 42.8 Å². The second-order valence-electron chi connectivity index (χ2n) is 8.40. The fourth-order valence-corrected chi connectivity index (χ4v) is 3.16. The molecule has 8 heteroatoms. The van der Waals surface area contributed by atoms with Gasteiger partial charge in [-0.15, -0.1) is 0 Å². The maximum Gasteiger partial charge on any atom is 0.410 e. The number of piperidine rings is 1. The Bertz CT molecular complexity index is 868. The summed E-state index contributed by atoms with van der Waals surface area (Å²) in [6.07, 6.45) is 4.69. The van der Waals surface area contributed by atoms with Crippen molar-refractivity contribution < 1.29 is 19.1 Å². The van der Waals surface area contributed by atoms with Crippen LogP contribution in [0.5, 0.6) is 5.88 Å². The molecule has 0 aliphatic carbocycles. The Hall–Kier alpha value is -3.16. The smallest absolute Gasteiger partial charge is 0.410 e. The molecule has 8 nitrogen and oxygen atoms in total. The highest BCUT2D eigenvalue weighted by molar-refractivity contribution is 5.93. The molecule has 2 heterocycles. The van der Waals surface area contributed by atoms with Gasteiger partial charge in [-0.2, -0.15) is 0 Å². The molecule has 160 valence electrons. The normalized spacial score (nSPS) is 15.0. The van der Waals surface area contributed by atoms with Gasteiger partial charge >= 0.3 is 6.09 Å². The van der Waals surface area contributed by atoms with Gasteiger partial charge in [0.05, 0.1) is 24.7 Å². The maximum absolute atomic E-state index is 12.1. The zero-order chi connectivity index (χ0) is 21.7. The molecule has 1 aromatic heterocycles. The maximum atomic E-state index is 12.1. The first-order valence-electron chi connectivity index (χ1n) is 10.0. The van der Waals surface area contributed by atoms with E-state index in [9.17, 15) is 9.59 Å². The summed E-state index contributed by atoms with van der Waals surface area (Å²) >= 11 is 0. The molecular formula is C22H28N4O4. The van der Waals surface area contributed by atoms with Crippen LogP contribution in [0.15, 0.2) is 36.7 Å². The number of benzene rings is 1. The minimum atomic E-state index is -0.480. The van der Waals surface area contributed by atoms with E-state index in [1.165, 1.54) is 0 Å². The fourth-order valence-electron chi connectivity index (χ4n) is 3.16. The van der Waals surface area contributed by atoms with Crippen LogP contribution in [0.25, 0.3) is 11.3 Å². The predicted molar refractivity (Wildman–Crippen MR) is 112 cm³/mol. The van der Waals surface area contributed by atoms with Crippen LogP contribution in [0.2, 0.25) is 0 Å². The highest BCUT2D eigenvalue weighted by Gasteiger charge is 2.27. The number of nitrogens with two attached hydrogens (primary N) is 1. The van der Waals surface area contributed by atoms with Crippen LogP contribution in [0, 0.1) is 5.92 Å². The minimum absolute atomic E-state index is 0.257. The van der Waals surface area contributed by atoms with E-state index in [0.717, 1.165) is 18.4 Å². The lowest BCUT2D eigenvalue weighted by atomic mass is 9.98. The molecule has 2 amide bonds. The first kappa shape index (κ1) is 21.5. The average molecular weight is 412 g/mol. The van der Waals surface area contributed by atoms with E-state index in [1.807, 2.05) is 20.8 Å². The molecule has 0 saturated carbocycles. The number of hydrogen-bond donors (Lipinski definition) is 1. The predicted octanol–water partition coefficient (Wildman–Crippen LogP) is 3.27. The number of amides is 2. The Morgan fingerprint density at radius 2 is 1.77 bits per heavy atom. The summed E-state index contributed by atoms with van der Waals surface area (Å²) in [5.41, 5.74) is 6.75. The third-order valence-electron chi connectivity index (χ3n) is 4.83. The minimum Gasteiger partial charge on any atom is -0.476 e. The number of carbonyl (C=O) groups excluding carboxylic acids is 2. The lowest BCUT2D eigenvalue weighted by Crippen LogP contribution is -2.42. The van der Waals surface area contributed by atoms with Gasteiger partial charge < -0.3 is 20.1 Å². The Labute approximate surface area is 176 Å². The quantitative estimate of drug-likeness (QED) is 0.807. The number of likely N-dealkylation sites (tertiary alicyclic amines) is 1. The van der Waals surface area contributed by atoms with E-state index in [4.69, 9.17) is 15.2 Å². The van der Waals surface area contributed by atoms with Crippen molar-refractivity contribution in [1.82, 2.24) is 14.9 Å². The molecule has 0 unspecified atom stereocenters. The zero-order valence-electron chi connectivity index (χ0n) is 17.6. The van der Waals surface area contributed by atoms with Gasteiger partial charge in [0.25, 0.3) is 0 Å². The number of primary amides is 1. The molecule has 0 bridgehead atoms. The van der Waals surface area contributed by atoms with E-state index in [-0.39, 0.29) is 6.09 Å². The molecule has 2 N–H and O–H groups in total. The summed E-state index contributed by atoms with van der Waals surface area (Å²) in [6.45, 7) is 7.46. The summed E-state index contributed by atoms with van der Waals surface area (Å²) in [5, 5.41) is 0. The summed E-state index contributed by atoms with van der Waals surface area (Å²) in [4.78, 5) is 33.7. The van der Waals surface area contributed by atoms with E-state index in [1.54, 1.807) is 41.6 Å². The average Bonchev–Trinajstić information content (AvgIpc) is 2.72. The molecule has 30 heavy (non-hydrogen) atoms. The molecule has 0 radical (unpaired) electrons. The van der Waals surface area contributed by atoms with E-state index >= 15 is 0 Å². The second-order valence-corrected chi connectivity index (χ2v) is 8.40. The van der Waals surface area contributed by atoms with Crippen molar-refractivity contribution in [3.63, 3.8) is 0 Å². The van der Waals surface area contributed by atoms with Crippen LogP contribution in [0.1, 0.15) is 44.0 Å². The van der Waals surface area contributed by atoms with Gasteiger partial charge in [0.2, 0.25) is 11.8 Å². The molecule has 0 atom stereocenters. The third-order valence-corrected chi connectivity index (χ3v) is 4.83. The first-order valence-corrected chi connectivity index (χ1v) is 10.0. The largest absolute Gasteiger partial charge is 0.476 e. The lowest BCUT2D eigenvalue weighted by Gasteiger charge is -2.33. The van der Waals surface area contributed by atoms with Crippen LogP contribution >= 0.6 is 0 Å². The Balaban J connectivity index is 1.47. The van der Waals surface area contributed by atoms with E-state index in [2.05, 4.69) is 9.97 Å². The highest BCUT2D eigenvalue weighted by atomic mass is 16.6. The molecule has 1 aliphatic heterocycles. The van der Waals surface area contributed by atoms with Crippen molar-refractivity contribution in [3.05, 3.63) is 42.2 Å². The Morgan fingerprint density at radius 3 is 2.30 bits per heavy atom. The number of ether oxygens (including phenoxy) is 2. The summed E-state index contributed by atoms with van der Waals surface area (Å²) in [6, 6.07) is 6.88. The molecule has 1 aromatic carbocycles. The number of hydrogen-bond acceptors (Lipinski definition) is 6. The number of carbonyl (C=O) groups is 2. The number of rotatable bonds is 5. The van der Waals surface area contributed by atoms with Crippen LogP contribution < -0.4 is 10.5 Å². The van der Waals surface area contributed by atoms with Crippen molar-refractivity contribution >= 4 is 12.0 Å². The van der Waals surface area contributed by atoms with Crippen molar-refractivity contribution in [2.45, 2.75) is 39.2 Å². The number of nitrogens with zero attached hydrogens (tertiary/aromatic N) is 3. The van der Waals surface area contributed by atoms with Gasteiger partial charge in [-0.1, -0.05) is 12.1 Å². The van der Waals surface area contributed by atoms with Crippen LogP contribution in [-0.4, -0.2) is 52.2 Å². The Kier molecular flexibility index (Phi) is 6.54. The molecule has 2 aromatic rings. The highest BCUT2D eigenvalue weighted by Crippen LogP contribution is 2.22. The topological polar surface area (TPSA) is 108 Å². The SMILES string of the molecule is CC(C)(C)OC(=O)N1CCC(COc2cnc(-c3ccc(C(N)=O)cc3)cn2)CC1. The summed E-state index contributed by atoms with van der Waals surface area (Å²) < 4.78 is 11.2. The molecule has 1 aliphatic rings. The van der Waals surface area contributed by atoms with Crippen LogP contribution in [-0.2, 0) is 4.74 Å². The molecular weight excluding hydrogens is 384 g/mol. The molecule has 1 saturated heterocycles. The molecule has 3 rings (SSSR count). The van der Waals surface area contributed by atoms with Crippen LogP contribution in [0.4, 0.5) is 4.79 Å². The molecule has 0 spiro atoms. The zero-order valence-corrected chi connectivity index (χ0v) is 17.6. The van der Waals surface area contributed by atoms with Crippen molar-refractivity contribution in [2.24, 2.45) is 11.7 Å². The standard InChI is InChI=1S/C22H28N4O4/c1-22(2,3)30-21(28)26-10-8-15(9-11-26)14-29-19-13-24-18(12-25-19)16-4-6-17(7-5-16)20(23)27/h4-7,12-13,15H,8-11,14H2,1-3H3,(H2,23,27). The third kappa shape index (κ3) is 5.92. The summed E-state index contributed by atoms with van der Waals surface area (Å²) in [5.74, 6) is 0.349. The Morgan fingerprint density at radius 1 is 1.10 bits per heavy atom. The van der Waals surface area contributed by atoms with Gasteiger partial charge in [-0.25, -0.2) is 14.8 Å². The van der Waals surface area contributed by atoms with Gasteiger partial charge in [0.15, 0.2) is 0 Å². The monoisotopic (exact) mass is 412 g/mol. The van der Waals surface area contributed by atoms with Gasteiger partial charge in [-0.3, -0.25) is 4.79 Å². The fraction of sp³-hybridized carbons (Fsp3) is 0.455. The first-order chi connectivity index (χ1) is 14.2. The van der Waals surface area contributed by atoms with Crippen LogP contribution in [0.3, 0.4) is 0 Å². The van der Waals surface area contributed by atoms with Gasteiger partial charge in [0, 0.05) is 24.2 Å². The van der Waals surface area contributed by atoms with Crippen molar-refractivity contribution in [1.29, 1.82) is 0 Å². The molecule has 1 fully saturated rings. The van der Waals surface area contributed by atoms with Gasteiger partial charge in [-0.05, 0) is 51.7 Å². The number of aromatic nitrogens is 2.